The summed E-state index contributed by atoms with van der Waals surface area (Å²) in [5.74, 6) is 0.318. The number of nitrogens with zero attached hydrogens (tertiary/aromatic N) is 1. The van der Waals surface area contributed by atoms with Gasteiger partial charge in [0, 0.05) is 12.1 Å². The van der Waals surface area contributed by atoms with E-state index in [1.54, 1.807) is 12.1 Å². The van der Waals surface area contributed by atoms with Gasteiger partial charge in [-0.1, -0.05) is 26.3 Å². The smallest absolute Gasteiger partial charge is 0.311 e. The van der Waals surface area contributed by atoms with Crippen molar-refractivity contribution in [2.45, 2.75) is 52.0 Å². The fourth-order valence-electron chi connectivity index (χ4n) is 2.42. The van der Waals surface area contributed by atoms with Gasteiger partial charge in [0.2, 0.25) is 0 Å². The van der Waals surface area contributed by atoms with Crippen LogP contribution >= 0.6 is 0 Å². The maximum absolute atomic E-state index is 11.0. The molecule has 0 aromatic heterocycles. The van der Waals surface area contributed by atoms with Crippen LogP contribution in [-0.4, -0.2) is 24.6 Å². The molecular formula is C16H26N2O3. The van der Waals surface area contributed by atoms with Crippen LogP contribution in [0.25, 0.3) is 0 Å². The first-order valence-electron chi connectivity index (χ1n) is 7.67. The minimum atomic E-state index is -0.388. The largest absolute Gasteiger partial charge is 0.490 e. The molecule has 0 spiro atoms. The van der Waals surface area contributed by atoms with Gasteiger partial charge >= 0.3 is 5.69 Å². The molecule has 0 saturated heterocycles. The van der Waals surface area contributed by atoms with Crippen molar-refractivity contribution in [2.75, 3.05) is 13.7 Å². The molecule has 0 aliphatic heterocycles. The second-order valence-electron chi connectivity index (χ2n) is 5.24. The van der Waals surface area contributed by atoms with Crippen molar-refractivity contribution in [1.29, 1.82) is 0 Å². The van der Waals surface area contributed by atoms with E-state index in [1.165, 1.54) is 7.11 Å². The van der Waals surface area contributed by atoms with Crippen molar-refractivity contribution in [3.8, 4) is 5.75 Å². The fourth-order valence-corrected chi connectivity index (χ4v) is 2.42. The number of nitro benzene ring substituents is 1. The van der Waals surface area contributed by atoms with Gasteiger partial charge in [0.1, 0.15) is 0 Å². The maximum atomic E-state index is 11.0. The molecule has 1 aromatic carbocycles. The molecule has 0 bridgehead atoms. The van der Waals surface area contributed by atoms with Crippen LogP contribution in [-0.2, 0) is 6.42 Å². The SMILES string of the molecule is CCCNC(CCC)CCc1ccc(OC)c([N+](=O)[O-])c1. The summed E-state index contributed by atoms with van der Waals surface area (Å²) in [6.45, 7) is 5.36. The minimum absolute atomic E-state index is 0.0450. The average Bonchev–Trinajstić information content (AvgIpc) is 2.49. The Balaban J connectivity index is 2.68. The summed E-state index contributed by atoms with van der Waals surface area (Å²) in [5.41, 5.74) is 1.03. The third kappa shape index (κ3) is 5.71. The number of hydrogen-bond donors (Lipinski definition) is 1. The normalized spacial score (nSPS) is 12.1. The first-order valence-corrected chi connectivity index (χ1v) is 7.67. The van der Waals surface area contributed by atoms with Gasteiger partial charge in [-0.15, -0.1) is 0 Å². The summed E-state index contributed by atoms with van der Waals surface area (Å²) in [7, 11) is 1.45. The zero-order chi connectivity index (χ0) is 15.7. The first kappa shape index (κ1) is 17.4. The van der Waals surface area contributed by atoms with Crippen molar-refractivity contribution in [3.05, 3.63) is 33.9 Å². The molecule has 0 radical (unpaired) electrons. The number of nitro groups is 1. The van der Waals surface area contributed by atoms with Crippen LogP contribution in [0, 0.1) is 10.1 Å². The van der Waals surface area contributed by atoms with Crippen LogP contribution in [0.5, 0.6) is 5.75 Å². The zero-order valence-corrected chi connectivity index (χ0v) is 13.2. The monoisotopic (exact) mass is 294 g/mol. The topological polar surface area (TPSA) is 64.4 Å². The van der Waals surface area contributed by atoms with Gasteiger partial charge in [0.15, 0.2) is 5.75 Å². The van der Waals surface area contributed by atoms with Crippen molar-refractivity contribution >= 4 is 5.69 Å². The van der Waals surface area contributed by atoms with Gasteiger partial charge < -0.3 is 10.1 Å². The Kier molecular flexibility index (Phi) is 7.75. The Morgan fingerprint density at radius 3 is 2.62 bits per heavy atom. The highest BCUT2D eigenvalue weighted by atomic mass is 16.6. The van der Waals surface area contributed by atoms with E-state index in [0.717, 1.165) is 44.2 Å². The Morgan fingerprint density at radius 2 is 2.05 bits per heavy atom. The Labute approximate surface area is 126 Å². The standard InChI is InChI=1S/C16H26N2O3/c1-4-6-14(17-11-5-2)9-7-13-8-10-16(21-3)15(12-13)18(19)20/h8,10,12,14,17H,4-7,9,11H2,1-3H3. The molecule has 1 atom stereocenters. The summed E-state index contributed by atoms with van der Waals surface area (Å²) < 4.78 is 5.02. The first-order chi connectivity index (χ1) is 10.1. The second kappa shape index (κ2) is 9.34. The number of benzene rings is 1. The lowest BCUT2D eigenvalue weighted by atomic mass is 10.0. The quantitative estimate of drug-likeness (QED) is 0.528. The number of methoxy groups -OCH3 is 1. The van der Waals surface area contributed by atoms with Gasteiger partial charge in [0.25, 0.3) is 0 Å². The Bertz CT molecular complexity index is 449. The molecular weight excluding hydrogens is 268 g/mol. The number of rotatable bonds is 10. The molecule has 0 saturated carbocycles. The highest BCUT2D eigenvalue weighted by Crippen LogP contribution is 2.28. The third-order valence-electron chi connectivity index (χ3n) is 3.54. The molecule has 21 heavy (non-hydrogen) atoms. The second-order valence-corrected chi connectivity index (χ2v) is 5.24. The number of aryl methyl sites for hydroxylation is 1. The number of nitrogens with one attached hydrogen (secondary N) is 1. The van der Waals surface area contributed by atoms with Crippen molar-refractivity contribution in [1.82, 2.24) is 5.32 Å². The molecule has 1 rings (SSSR count). The maximum Gasteiger partial charge on any atom is 0.311 e. The van der Waals surface area contributed by atoms with E-state index in [9.17, 15) is 10.1 Å². The molecule has 0 amide bonds. The lowest BCUT2D eigenvalue weighted by molar-refractivity contribution is -0.385. The van der Waals surface area contributed by atoms with Crippen LogP contribution in [0.3, 0.4) is 0 Å². The lowest BCUT2D eigenvalue weighted by Gasteiger charge is -2.17. The van der Waals surface area contributed by atoms with Crippen molar-refractivity contribution in [2.24, 2.45) is 0 Å². The average molecular weight is 294 g/mol. The number of hydrogen-bond acceptors (Lipinski definition) is 4. The van der Waals surface area contributed by atoms with E-state index in [1.807, 2.05) is 6.07 Å². The van der Waals surface area contributed by atoms with Gasteiger partial charge in [0.05, 0.1) is 12.0 Å². The Hall–Kier alpha value is -1.62. The van der Waals surface area contributed by atoms with E-state index >= 15 is 0 Å². The third-order valence-corrected chi connectivity index (χ3v) is 3.54. The minimum Gasteiger partial charge on any atom is -0.490 e. The summed E-state index contributed by atoms with van der Waals surface area (Å²) in [4.78, 5) is 10.6. The summed E-state index contributed by atoms with van der Waals surface area (Å²) >= 11 is 0. The van der Waals surface area contributed by atoms with E-state index in [-0.39, 0.29) is 10.6 Å². The van der Waals surface area contributed by atoms with Crippen molar-refractivity contribution < 1.29 is 9.66 Å². The summed E-state index contributed by atoms with van der Waals surface area (Å²) in [5, 5.41) is 14.6. The van der Waals surface area contributed by atoms with Crippen LogP contribution in [0.1, 0.15) is 45.1 Å². The number of ether oxygens (including phenoxy) is 1. The van der Waals surface area contributed by atoms with Crippen LogP contribution < -0.4 is 10.1 Å². The molecule has 5 heteroatoms. The van der Waals surface area contributed by atoms with E-state index < -0.39 is 0 Å². The van der Waals surface area contributed by atoms with Gasteiger partial charge in [-0.3, -0.25) is 10.1 Å². The molecule has 118 valence electrons. The van der Waals surface area contributed by atoms with E-state index in [2.05, 4.69) is 19.2 Å². The molecule has 1 aromatic rings. The summed E-state index contributed by atoms with van der Waals surface area (Å²) in [6, 6.07) is 5.70. The van der Waals surface area contributed by atoms with Crippen LogP contribution in [0.4, 0.5) is 5.69 Å². The van der Waals surface area contributed by atoms with Gasteiger partial charge in [-0.2, -0.15) is 0 Å². The molecule has 0 aliphatic rings. The zero-order valence-electron chi connectivity index (χ0n) is 13.2. The van der Waals surface area contributed by atoms with Crippen molar-refractivity contribution in [3.63, 3.8) is 0 Å². The molecule has 1 unspecified atom stereocenters. The molecule has 1 N–H and O–H groups in total. The Morgan fingerprint density at radius 1 is 1.29 bits per heavy atom. The lowest BCUT2D eigenvalue weighted by Crippen LogP contribution is -2.30. The predicted octanol–water partition coefficient (Wildman–Crippen LogP) is 3.70. The highest BCUT2D eigenvalue weighted by molar-refractivity contribution is 5.48. The summed E-state index contributed by atoms with van der Waals surface area (Å²) in [6.07, 6.45) is 5.24. The van der Waals surface area contributed by atoms with Gasteiger partial charge in [-0.05, 0) is 43.9 Å². The van der Waals surface area contributed by atoms with Crippen LogP contribution in [0.2, 0.25) is 0 Å². The van der Waals surface area contributed by atoms with E-state index in [4.69, 9.17) is 4.74 Å². The molecule has 0 fully saturated rings. The molecule has 0 aliphatic carbocycles. The fraction of sp³-hybridized carbons (Fsp3) is 0.625. The predicted molar refractivity (Wildman–Crippen MR) is 85.0 cm³/mol. The highest BCUT2D eigenvalue weighted by Gasteiger charge is 2.15. The van der Waals surface area contributed by atoms with E-state index in [0.29, 0.717) is 11.8 Å². The molecule has 0 heterocycles. The van der Waals surface area contributed by atoms with Gasteiger partial charge in [-0.25, -0.2) is 0 Å². The molecule has 5 nitrogen and oxygen atoms in total. The van der Waals surface area contributed by atoms with Crippen LogP contribution in [0.15, 0.2) is 18.2 Å².